The molecule has 0 aromatic carbocycles. The van der Waals surface area contributed by atoms with Crippen molar-refractivity contribution in [3.05, 3.63) is 23.8 Å². The van der Waals surface area contributed by atoms with Crippen LogP contribution in [-0.2, 0) is 4.79 Å². The number of allylic oxidation sites excluding steroid dienone is 4. The zero-order valence-corrected chi connectivity index (χ0v) is 13.4. The number of ketones is 1. The number of halogens is 2. The summed E-state index contributed by atoms with van der Waals surface area (Å²) in [7, 11) is 0. The van der Waals surface area contributed by atoms with Gasteiger partial charge in [-0.15, -0.1) is 0 Å². The molecular weight excluding hydrogens is 282 g/mol. The van der Waals surface area contributed by atoms with Crippen LogP contribution in [0.2, 0.25) is 0 Å². The van der Waals surface area contributed by atoms with E-state index in [-0.39, 0.29) is 29.5 Å². The maximum absolute atomic E-state index is 14.4. The van der Waals surface area contributed by atoms with E-state index in [4.69, 9.17) is 0 Å². The maximum Gasteiger partial charge on any atom is 0.253 e. The number of fused-ring (bicyclic) bond motifs is 5. The third kappa shape index (κ3) is 1.66. The summed E-state index contributed by atoms with van der Waals surface area (Å²) in [5.74, 6) is -1.54. The molecule has 0 aromatic rings. The van der Waals surface area contributed by atoms with Crippen molar-refractivity contribution in [3.63, 3.8) is 0 Å². The molecule has 0 N–H and O–H groups in total. The number of rotatable bonds is 0. The fraction of sp³-hybridized carbons (Fsp3) is 0.737. The number of hydrogen-bond donors (Lipinski definition) is 0. The topological polar surface area (TPSA) is 17.1 Å². The van der Waals surface area contributed by atoms with Gasteiger partial charge in [0.1, 0.15) is 0 Å². The predicted molar refractivity (Wildman–Crippen MR) is 81.6 cm³/mol. The molecule has 5 atom stereocenters. The molecular formula is C19H24F2O. The van der Waals surface area contributed by atoms with Crippen LogP contribution in [0.25, 0.3) is 0 Å². The molecule has 0 heterocycles. The summed E-state index contributed by atoms with van der Waals surface area (Å²) in [6.45, 7) is 4.06. The molecule has 0 bridgehead atoms. The molecule has 0 saturated heterocycles. The van der Waals surface area contributed by atoms with Gasteiger partial charge in [0.25, 0.3) is 5.92 Å². The standard InChI is InChI=1S/C19H24F2O/c1-17-8-5-13(22)11-12(17)3-4-14-15(17)6-9-18(2)16(14)7-10-19(18,20)21/h3-4,11,14-16H,5-10H2,1-2H3/t14-,15+,16+,17+,18+/m1/s1. The second-order valence-electron chi connectivity index (χ2n) is 8.33. The minimum atomic E-state index is -2.52. The van der Waals surface area contributed by atoms with Crippen molar-refractivity contribution < 1.29 is 13.6 Å². The number of hydrogen-bond acceptors (Lipinski definition) is 1. The highest BCUT2D eigenvalue weighted by molar-refractivity contribution is 5.92. The van der Waals surface area contributed by atoms with Crippen LogP contribution in [0.5, 0.6) is 0 Å². The second-order valence-corrected chi connectivity index (χ2v) is 8.33. The summed E-state index contributed by atoms with van der Waals surface area (Å²) in [6.07, 6.45) is 9.68. The Morgan fingerprint density at radius 2 is 1.82 bits per heavy atom. The summed E-state index contributed by atoms with van der Waals surface area (Å²) >= 11 is 0. The molecule has 0 radical (unpaired) electrons. The van der Waals surface area contributed by atoms with Crippen LogP contribution in [0.3, 0.4) is 0 Å². The molecule has 4 rings (SSSR count). The van der Waals surface area contributed by atoms with Crippen molar-refractivity contribution in [1.29, 1.82) is 0 Å². The van der Waals surface area contributed by atoms with Gasteiger partial charge in [-0.3, -0.25) is 4.79 Å². The van der Waals surface area contributed by atoms with Gasteiger partial charge in [-0.25, -0.2) is 8.78 Å². The lowest BCUT2D eigenvalue weighted by Gasteiger charge is -2.55. The van der Waals surface area contributed by atoms with Gasteiger partial charge in [0.2, 0.25) is 0 Å². The minimum Gasteiger partial charge on any atom is -0.295 e. The van der Waals surface area contributed by atoms with Gasteiger partial charge in [-0.1, -0.05) is 26.0 Å². The highest BCUT2D eigenvalue weighted by atomic mass is 19.3. The Labute approximate surface area is 130 Å². The van der Waals surface area contributed by atoms with E-state index in [0.29, 0.717) is 25.2 Å². The summed E-state index contributed by atoms with van der Waals surface area (Å²) < 4.78 is 28.8. The number of alkyl halides is 2. The molecule has 22 heavy (non-hydrogen) atoms. The van der Waals surface area contributed by atoms with Crippen molar-refractivity contribution in [1.82, 2.24) is 0 Å². The van der Waals surface area contributed by atoms with Gasteiger partial charge >= 0.3 is 0 Å². The van der Waals surface area contributed by atoms with Crippen molar-refractivity contribution in [3.8, 4) is 0 Å². The second kappa shape index (κ2) is 4.30. The molecule has 2 fully saturated rings. The Bertz CT molecular complexity index is 590. The maximum atomic E-state index is 14.4. The van der Waals surface area contributed by atoms with E-state index >= 15 is 0 Å². The van der Waals surface area contributed by atoms with Gasteiger partial charge in [0.15, 0.2) is 5.78 Å². The van der Waals surface area contributed by atoms with Crippen molar-refractivity contribution >= 4 is 5.78 Å². The van der Waals surface area contributed by atoms with Crippen molar-refractivity contribution in [2.24, 2.45) is 28.6 Å². The van der Waals surface area contributed by atoms with E-state index in [9.17, 15) is 13.6 Å². The molecule has 0 unspecified atom stereocenters. The quantitative estimate of drug-likeness (QED) is 0.620. The first-order chi connectivity index (χ1) is 10.3. The van der Waals surface area contributed by atoms with Crippen LogP contribution >= 0.6 is 0 Å². The van der Waals surface area contributed by atoms with Crippen molar-refractivity contribution in [2.45, 2.75) is 58.3 Å². The monoisotopic (exact) mass is 306 g/mol. The van der Waals surface area contributed by atoms with Gasteiger partial charge in [-0.05, 0) is 60.5 Å². The van der Waals surface area contributed by atoms with Crippen molar-refractivity contribution in [2.75, 3.05) is 0 Å². The van der Waals surface area contributed by atoms with Crippen LogP contribution in [-0.4, -0.2) is 11.7 Å². The lowest BCUT2D eigenvalue weighted by molar-refractivity contribution is -0.140. The van der Waals surface area contributed by atoms with Crippen LogP contribution < -0.4 is 0 Å². The zero-order valence-electron chi connectivity index (χ0n) is 13.4. The SMILES string of the molecule is C[C@]12CCC(=O)C=C1C=C[C@@H]1[C@@H]2CC[C@@]2(C)[C@H]1CCC2(F)F. The van der Waals surface area contributed by atoms with Crippen LogP contribution in [0, 0.1) is 28.6 Å². The fourth-order valence-corrected chi connectivity index (χ4v) is 5.93. The normalized spacial score (nSPS) is 49.2. The van der Waals surface area contributed by atoms with E-state index < -0.39 is 11.3 Å². The van der Waals surface area contributed by atoms with E-state index in [1.165, 1.54) is 0 Å². The van der Waals surface area contributed by atoms with Crippen LogP contribution in [0.15, 0.2) is 23.8 Å². The molecule has 1 nitrogen and oxygen atoms in total. The first kappa shape index (κ1) is 14.6. The predicted octanol–water partition coefficient (Wildman–Crippen LogP) is 4.93. The Kier molecular flexibility index (Phi) is 2.85. The van der Waals surface area contributed by atoms with E-state index in [1.54, 1.807) is 6.08 Å². The van der Waals surface area contributed by atoms with Gasteiger partial charge in [-0.2, -0.15) is 0 Å². The summed E-state index contributed by atoms with van der Waals surface area (Å²) in [4.78, 5) is 11.7. The molecule has 0 aliphatic heterocycles. The van der Waals surface area contributed by atoms with Gasteiger partial charge in [0, 0.05) is 18.3 Å². The molecule has 0 spiro atoms. The van der Waals surface area contributed by atoms with Crippen LogP contribution in [0.4, 0.5) is 8.78 Å². The number of carbonyl (C=O) groups is 1. The first-order valence-corrected chi connectivity index (χ1v) is 8.59. The molecule has 4 aliphatic carbocycles. The minimum absolute atomic E-state index is 0.00648. The van der Waals surface area contributed by atoms with Gasteiger partial charge < -0.3 is 0 Å². The molecule has 0 amide bonds. The molecule has 4 aliphatic rings. The highest BCUT2D eigenvalue weighted by Crippen LogP contribution is 2.67. The van der Waals surface area contributed by atoms with E-state index in [2.05, 4.69) is 19.1 Å². The summed E-state index contributed by atoms with van der Waals surface area (Å²) in [5, 5.41) is 0. The largest absolute Gasteiger partial charge is 0.295 e. The van der Waals surface area contributed by atoms with Crippen LogP contribution in [0.1, 0.15) is 52.4 Å². The third-order valence-electron chi connectivity index (χ3n) is 7.51. The lowest BCUT2D eigenvalue weighted by atomic mass is 9.49. The Morgan fingerprint density at radius 3 is 2.59 bits per heavy atom. The molecule has 2 saturated carbocycles. The number of carbonyl (C=O) groups excluding carboxylic acids is 1. The third-order valence-corrected chi connectivity index (χ3v) is 7.51. The lowest BCUT2D eigenvalue weighted by Crippen LogP contribution is -2.51. The molecule has 3 heteroatoms. The Balaban J connectivity index is 1.76. The first-order valence-electron chi connectivity index (χ1n) is 8.59. The van der Waals surface area contributed by atoms with E-state index in [1.807, 2.05) is 6.92 Å². The molecule has 120 valence electrons. The summed E-state index contributed by atoms with van der Waals surface area (Å²) in [5.41, 5.74) is 0.311. The average molecular weight is 306 g/mol. The fourth-order valence-electron chi connectivity index (χ4n) is 5.93. The van der Waals surface area contributed by atoms with Gasteiger partial charge in [0.05, 0.1) is 0 Å². The zero-order chi connectivity index (χ0) is 15.8. The smallest absolute Gasteiger partial charge is 0.253 e. The Hall–Kier alpha value is -0.990. The molecule has 0 aromatic heterocycles. The average Bonchev–Trinajstić information content (AvgIpc) is 2.70. The van der Waals surface area contributed by atoms with E-state index in [0.717, 1.165) is 18.4 Å². The Morgan fingerprint density at radius 1 is 1.09 bits per heavy atom. The summed E-state index contributed by atoms with van der Waals surface area (Å²) in [6, 6.07) is 0. The highest BCUT2D eigenvalue weighted by Gasteiger charge is 2.65.